The number of hydrogen-bond donors (Lipinski definition) is 3. The predicted molar refractivity (Wildman–Crippen MR) is 165 cm³/mol. The van der Waals surface area contributed by atoms with Crippen molar-refractivity contribution >= 4 is 23.1 Å². The van der Waals surface area contributed by atoms with Gasteiger partial charge in [-0.05, 0) is 66.1 Å². The average molecular weight is 545 g/mol. The maximum atomic E-state index is 13.5. The molecular weight excluding hydrogens is 500 g/mol. The van der Waals surface area contributed by atoms with Gasteiger partial charge in [-0.25, -0.2) is 4.79 Å². The topological polar surface area (TPSA) is 88.8 Å². The zero-order valence-corrected chi connectivity index (χ0v) is 24.7. The highest BCUT2D eigenvalue weighted by atomic mass is 16.5. The molecule has 0 bridgehead atoms. The quantitative estimate of drug-likeness (QED) is 0.255. The van der Waals surface area contributed by atoms with E-state index in [1.54, 1.807) is 14.2 Å². The summed E-state index contributed by atoms with van der Waals surface area (Å²) in [5, 5.41) is 6.41. The molecule has 1 saturated heterocycles. The normalized spacial score (nSPS) is 14.8. The highest BCUT2D eigenvalue weighted by Crippen LogP contribution is 2.40. The van der Waals surface area contributed by atoms with Crippen LogP contribution in [0.5, 0.6) is 11.5 Å². The van der Waals surface area contributed by atoms with Crippen LogP contribution in [0.25, 0.3) is 0 Å². The second kappa shape index (κ2) is 12.5. The summed E-state index contributed by atoms with van der Waals surface area (Å²) in [4.78, 5) is 15.8. The molecule has 0 aliphatic carbocycles. The smallest absolute Gasteiger partial charge is 0.319 e. The van der Waals surface area contributed by atoms with Crippen LogP contribution in [-0.4, -0.2) is 39.9 Å². The Morgan fingerprint density at radius 2 is 1.68 bits per heavy atom. The molecule has 0 spiro atoms. The molecule has 0 radical (unpaired) electrons. The maximum absolute atomic E-state index is 13.5. The van der Waals surface area contributed by atoms with Crippen LogP contribution >= 0.6 is 0 Å². The summed E-state index contributed by atoms with van der Waals surface area (Å²) in [5.74, 6) is 2.11. The lowest BCUT2D eigenvalue weighted by atomic mass is 9.72. The summed E-state index contributed by atoms with van der Waals surface area (Å²) in [7, 11) is 3.40. The highest BCUT2D eigenvalue weighted by Gasteiger charge is 2.37. The van der Waals surface area contributed by atoms with Crippen molar-refractivity contribution in [3.63, 3.8) is 0 Å². The van der Waals surface area contributed by atoms with Crippen LogP contribution in [0.2, 0.25) is 0 Å². The van der Waals surface area contributed by atoms with E-state index < -0.39 is 0 Å². The number of rotatable bonds is 9. The molecule has 40 heavy (non-hydrogen) atoms. The monoisotopic (exact) mass is 544 g/mol. The van der Waals surface area contributed by atoms with Gasteiger partial charge in [0, 0.05) is 36.3 Å². The van der Waals surface area contributed by atoms with E-state index in [-0.39, 0.29) is 23.3 Å². The lowest BCUT2D eigenvalue weighted by Gasteiger charge is -2.43. The molecule has 7 nitrogen and oxygen atoms in total. The number of nitrogens with two attached hydrogens (primary N) is 1. The number of para-hydroxylation sites is 2. The molecule has 0 saturated carbocycles. The summed E-state index contributed by atoms with van der Waals surface area (Å²) in [5.41, 5.74) is 12.0. The summed E-state index contributed by atoms with van der Waals surface area (Å²) in [6.07, 6.45) is 1.73. The first-order valence-electron chi connectivity index (χ1n) is 14.2. The number of benzene rings is 3. The standard InChI is InChI=1S/C33H44N4O3/c1-22(2)26-14-15-27(34)30(23(3)4)31(26)36-32(38)35-21-33(24-10-9-11-25(20-24)39-5)16-18-37(19-17-33)28-12-7-8-13-29(28)40-6/h7-15,20,22-23H,16-19,21,34H2,1-6H3,(H2,35,36,38). The molecular formula is C33H44N4O3. The van der Waals surface area contributed by atoms with E-state index in [0.29, 0.717) is 12.2 Å². The first-order chi connectivity index (χ1) is 19.2. The molecule has 1 aliphatic heterocycles. The van der Waals surface area contributed by atoms with Gasteiger partial charge in [0.2, 0.25) is 0 Å². The van der Waals surface area contributed by atoms with Gasteiger partial charge in [0.25, 0.3) is 0 Å². The van der Waals surface area contributed by atoms with Crippen molar-refractivity contribution in [2.45, 2.75) is 57.8 Å². The zero-order chi connectivity index (χ0) is 28.9. The van der Waals surface area contributed by atoms with E-state index in [9.17, 15) is 4.79 Å². The van der Waals surface area contributed by atoms with E-state index in [1.807, 2.05) is 42.5 Å². The fourth-order valence-corrected chi connectivity index (χ4v) is 5.89. The molecule has 1 fully saturated rings. The molecule has 0 unspecified atom stereocenters. The summed E-state index contributed by atoms with van der Waals surface area (Å²) in [6.45, 7) is 10.6. The van der Waals surface area contributed by atoms with Gasteiger partial charge in [0.05, 0.1) is 25.6 Å². The van der Waals surface area contributed by atoms with E-state index in [4.69, 9.17) is 15.2 Å². The lowest BCUT2D eigenvalue weighted by Crippen LogP contribution is -2.49. The van der Waals surface area contributed by atoms with Gasteiger partial charge in [-0.2, -0.15) is 0 Å². The van der Waals surface area contributed by atoms with Crippen LogP contribution < -0.4 is 30.7 Å². The van der Waals surface area contributed by atoms with Crippen LogP contribution in [0.1, 0.15) is 69.1 Å². The Balaban J connectivity index is 1.58. The number of methoxy groups -OCH3 is 2. The number of ether oxygens (including phenoxy) is 2. The van der Waals surface area contributed by atoms with Crippen LogP contribution in [0.4, 0.5) is 21.9 Å². The van der Waals surface area contributed by atoms with E-state index >= 15 is 0 Å². The Kier molecular flexibility index (Phi) is 9.13. The van der Waals surface area contributed by atoms with Gasteiger partial charge >= 0.3 is 6.03 Å². The maximum Gasteiger partial charge on any atom is 0.319 e. The number of nitrogen functional groups attached to an aromatic ring is 1. The fraction of sp³-hybridized carbons (Fsp3) is 0.424. The SMILES string of the molecule is COc1cccc(C2(CNC(=O)Nc3c(C(C)C)ccc(N)c3C(C)C)CCN(c3ccccc3OC)CC2)c1. The highest BCUT2D eigenvalue weighted by molar-refractivity contribution is 5.92. The molecule has 4 rings (SSSR count). The van der Waals surface area contributed by atoms with Gasteiger partial charge < -0.3 is 30.7 Å². The molecule has 1 heterocycles. The zero-order valence-electron chi connectivity index (χ0n) is 24.7. The number of hydrogen-bond acceptors (Lipinski definition) is 5. The van der Waals surface area contributed by atoms with Gasteiger partial charge in [0.1, 0.15) is 11.5 Å². The average Bonchev–Trinajstić information content (AvgIpc) is 2.96. The summed E-state index contributed by atoms with van der Waals surface area (Å²) >= 11 is 0. The predicted octanol–water partition coefficient (Wildman–Crippen LogP) is 6.89. The van der Waals surface area contributed by atoms with Gasteiger partial charge in [0.15, 0.2) is 0 Å². The summed E-state index contributed by atoms with van der Waals surface area (Å²) in [6, 6.07) is 20.1. The number of nitrogens with one attached hydrogen (secondary N) is 2. The van der Waals surface area contributed by atoms with Gasteiger partial charge in [-0.3, -0.25) is 0 Å². The van der Waals surface area contributed by atoms with Crippen molar-refractivity contribution in [3.8, 4) is 11.5 Å². The Morgan fingerprint density at radius 3 is 2.33 bits per heavy atom. The first kappa shape index (κ1) is 29.1. The van der Waals surface area contributed by atoms with Crippen molar-refractivity contribution in [2.75, 3.05) is 49.8 Å². The number of anilines is 3. The summed E-state index contributed by atoms with van der Waals surface area (Å²) < 4.78 is 11.2. The van der Waals surface area contributed by atoms with E-state index in [0.717, 1.165) is 59.9 Å². The van der Waals surface area contributed by atoms with E-state index in [2.05, 4.69) is 61.4 Å². The molecule has 0 atom stereocenters. The number of carbonyl (C=O) groups excluding carboxylic acids is 1. The number of carbonyl (C=O) groups is 1. The fourth-order valence-electron chi connectivity index (χ4n) is 5.89. The molecule has 0 aromatic heterocycles. The molecule has 2 amide bonds. The van der Waals surface area contributed by atoms with Crippen molar-refractivity contribution in [1.82, 2.24) is 5.32 Å². The molecule has 4 N–H and O–H groups in total. The third-order valence-electron chi connectivity index (χ3n) is 8.17. The minimum atomic E-state index is -0.248. The molecule has 7 heteroatoms. The van der Waals surface area contributed by atoms with Crippen LogP contribution in [0, 0.1) is 0 Å². The van der Waals surface area contributed by atoms with Crippen molar-refractivity contribution in [1.29, 1.82) is 0 Å². The Morgan fingerprint density at radius 1 is 0.950 bits per heavy atom. The molecule has 3 aromatic rings. The van der Waals surface area contributed by atoms with Crippen molar-refractivity contribution in [3.05, 3.63) is 77.4 Å². The number of piperidine rings is 1. The molecule has 1 aliphatic rings. The van der Waals surface area contributed by atoms with Gasteiger partial charge in [-0.1, -0.05) is 58.0 Å². The van der Waals surface area contributed by atoms with Gasteiger partial charge in [-0.15, -0.1) is 0 Å². The Labute approximate surface area is 239 Å². The van der Waals surface area contributed by atoms with Crippen molar-refractivity contribution < 1.29 is 14.3 Å². The second-order valence-electron chi connectivity index (χ2n) is 11.3. The van der Waals surface area contributed by atoms with Crippen LogP contribution in [-0.2, 0) is 5.41 Å². The first-order valence-corrected chi connectivity index (χ1v) is 14.2. The third kappa shape index (κ3) is 6.14. The minimum Gasteiger partial charge on any atom is -0.497 e. The van der Waals surface area contributed by atoms with E-state index in [1.165, 1.54) is 5.56 Å². The lowest BCUT2D eigenvalue weighted by molar-refractivity contribution is 0.244. The number of urea groups is 1. The molecule has 3 aromatic carbocycles. The molecule has 214 valence electrons. The van der Waals surface area contributed by atoms with Crippen LogP contribution in [0.15, 0.2) is 60.7 Å². The number of amides is 2. The minimum absolute atomic E-state index is 0.177. The Bertz CT molecular complexity index is 1310. The van der Waals surface area contributed by atoms with Crippen molar-refractivity contribution in [2.24, 2.45) is 0 Å². The Hall–Kier alpha value is -3.87. The third-order valence-corrected chi connectivity index (χ3v) is 8.17. The largest absolute Gasteiger partial charge is 0.497 e. The van der Waals surface area contributed by atoms with Crippen LogP contribution in [0.3, 0.4) is 0 Å². The number of nitrogens with zero attached hydrogens (tertiary/aromatic N) is 1. The second-order valence-corrected chi connectivity index (χ2v) is 11.3.